The Morgan fingerprint density at radius 3 is 1.81 bits per heavy atom. The second-order valence-electron chi connectivity index (χ2n) is 5.81. The first kappa shape index (κ1) is 15.9. The molecule has 0 bridgehead atoms. The zero-order valence-corrected chi connectivity index (χ0v) is 12.0. The van der Waals surface area contributed by atoms with Crippen LogP contribution in [0.15, 0.2) is 0 Å². The Hall–Kier alpha value is -0.0800. The summed E-state index contributed by atoms with van der Waals surface area (Å²) in [7, 11) is 1.77. The number of ether oxygens (including phenoxy) is 1. The summed E-state index contributed by atoms with van der Waals surface area (Å²) in [6.07, 6.45) is 3.65. The van der Waals surface area contributed by atoms with Crippen LogP contribution in [0.25, 0.3) is 0 Å². The van der Waals surface area contributed by atoms with E-state index in [0.717, 1.165) is 24.9 Å². The summed E-state index contributed by atoms with van der Waals surface area (Å²) in [4.78, 5) is 0. The SMILES string of the molecule is COCCC(C)NC(CC(C)C)CC(C)C. The molecule has 0 heterocycles. The van der Waals surface area contributed by atoms with Gasteiger partial charge in [-0.1, -0.05) is 27.7 Å². The molecular formula is C14H31NO. The lowest BCUT2D eigenvalue weighted by atomic mass is 9.95. The maximum atomic E-state index is 5.12. The van der Waals surface area contributed by atoms with Crippen LogP contribution in [0.1, 0.15) is 53.9 Å². The summed E-state index contributed by atoms with van der Waals surface area (Å²) in [6, 6.07) is 1.22. The van der Waals surface area contributed by atoms with Crippen LogP contribution >= 0.6 is 0 Å². The highest BCUT2D eigenvalue weighted by Crippen LogP contribution is 2.14. The number of hydrogen-bond donors (Lipinski definition) is 1. The molecule has 0 spiro atoms. The second kappa shape index (κ2) is 9.00. The molecule has 98 valence electrons. The van der Waals surface area contributed by atoms with Crippen LogP contribution in [0.2, 0.25) is 0 Å². The average Bonchev–Trinajstić information content (AvgIpc) is 2.12. The van der Waals surface area contributed by atoms with Crippen molar-refractivity contribution in [3.05, 3.63) is 0 Å². The van der Waals surface area contributed by atoms with Gasteiger partial charge in [0.1, 0.15) is 0 Å². The maximum Gasteiger partial charge on any atom is 0.0476 e. The van der Waals surface area contributed by atoms with Crippen LogP contribution in [-0.2, 0) is 4.74 Å². The van der Waals surface area contributed by atoms with Crippen molar-refractivity contribution in [1.29, 1.82) is 0 Å². The van der Waals surface area contributed by atoms with Gasteiger partial charge in [-0.15, -0.1) is 0 Å². The molecule has 0 saturated heterocycles. The van der Waals surface area contributed by atoms with Gasteiger partial charge in [0.05, 0.1) is 0 Å². The van der Waals surface area contributed by atoms with E-state index in [9.17, 15) is 0 Å². The summed E-state index contributed by atoms with van der Waals surface area (Å²) in [5.41, 5.74) is 0. The summed E-state index contributed by atoms with van der Waals surface area (Å²) < 4.78 is 5.12. The lowest BCUT2D eigenvalue weighted by Gasteiger charge is -2.26. The molecule has 1 N–H and O–H groups in total. The molecule has 0 aromatic heterocycles. The van der Waals surface area contributed by atoms with Crippen LogP contribution in [0.3, 0.4) is 0 Å². The number of nitrogens with one attached hydrogen (secondary N) is 1. The molecule has 16 heavy (non-hydrogen) atoms. The minimum absolute atomic E-state index is 0.558. The normalized spacial score (nSPS) is 14.1. The molecular weight excluding hydrogens is 198 g/mol. The Morgan fingerprint density at radius 2 is 1.44 bits per heavy atom. The van der Waals surface area contributed by atoms with Gasteiger partial charge in [0.15, 0.2) is 0 Å². The van der Waals surface area contributed by atoms with E-state index in [1.807, 2.05) is 0 Å². The van der Waals surface area contributed by atoms with Gasteiger partial charge in [-0.2, -0.15) is 0 Å². The molecule has 0 aliphatic heterocycles. The van der Waals surface area contributed by atoms with E-state index < -0.39 is 0 Å². The fourth-order valence-corrected chi connectivity index (χ4v) is 2.15. The third-order valence-electron chi connectivity index (χ3n) is 2.79. The highest BCUT2D eigenvalue weighted by molar-refractivity contribution is 4.74. The summed E-state index contributed by atoms with van der Waals surface area (Å²) in [5, 5.41) is 3.73. The number of hydrogen-bond acceptors (Lipinski definition) is 2. The second-order valence-corrected chi connectivity index (χ2v) is 5.81. The van der Waals surface area contributed by atoms with Crippen LogP contribution < -0.4 is 5.32 Å². The van der Waals surface area contributed by atoms with Crippen molar-refractivity contribution < 1.29 is 4.74 Å². The highest BCUT2D eigenvalue weighted by Gasteiger charge is 2.14. The fraction of sp³-hybridized carbons (Fsp3) is 1.00. The smallest absolute Gasteiger partial charge is 0.0476 e. The van der Waals surface area contributed by atoms with Crippen molar-refractivity contribution in [1.82, 2.24) is 5.32 Å². The highest BCUT2D eigenvalue weighted by atomic mass is 16.5. The quantitative estimate of drug-likeness (QED) is 0.654. The molecule has 0 aromatic carbocycles. The van der Waals surface area contributed by atoms with Crippen LogP contribution in [-0.4, -0.2) is 25.8 Å². The first-order valence-corrected chi connectivity index (χ1v) is 6.70. The molecule has 0 aromatic rings. The van der Waals surface area contributed by atoms with E-state index in [2.05, 4.69) is 39.9 Å². The lowest BCUT2D eigenvalue weighted by molar-refractivity contribution is 0.180. The molecule has 0 radical (unpaired) electrons. The molecule has 0 fully saturated rings. The van der Waals surface area contributed by atoms with Gasteiger partial charge in [-0.05, 0) is 38.0 Å². The van der Waals surface area contributed by atoms with Crippen molar-refractivity contribution in [3.8, 4) is 0 Å². The average molecular weight is 229 g/mol. The van der Waals surface area contributed by atoms with Crippen molar-refractivity contribution in [3.63, 3.8) is 0 Å². The van der Waals surface area contributed by atoms with Crippen molar-refractivity contribution in [2.24, 2.45) is 11.8 Å². The monoisotopic (exact) mass is 229 g/mol. The van der Waals surface area contributed by atoms with Crippen molar-refractivity contribution in [2.45, 2.75) is 66.0 Å². The van der Waals surface area contributed by atoms with Gasteiger partial charge in [-0.25, -0.2) is 0 Å². The third-order valence-corrected chi connectivity index (χ3v) is 2.79. The van der Waals surface area contributed by atoms with E-state index in [0.29, 0.717) is 12.1 Å². The number of methoxy groups -OCH3 is 1. The summed E-state index contributed by atoms with van der Waals surface area (Å²) in [5.74, 6) is 1.54. The Balaban J connectivity index is 3.98. The lowest BCUT2D eigenvalue weighted by Crippen LogP contribution is -2.38. The molecule has 0 aliphatic carbocycles. The molecule has 0 saturated carbocycles. The van der Waals surface area contributed by atoms with Crippen LogP contribution in [0.5, 0.6) is 0 Å². The molecule has 1 atom stereocenters. The zero-order valence-electron chi connectivity index (χ0n) is 12.0. The van der Waals surface area contributed by atoms with Gasteiger partial charge >= 0.3 is 0 Å². The van der Waals surface area contributed by atoms with E-state index in [1.165, 1.54) is 12.8 Å². The maximum absolute atomic E-state index is 5.12. The molecule has 2 heteroatoms. The minimum atomic E-state index is 0.558. The van der Waals surface area contributed by atoms with Gasteiger partial charge in [0.25, 0.3) is 0 Å². The van der Waals surface area contributed by atoms with Gasteiger partial charge in [0.2, 0.25) is 0 Å². The molecule has 2 nitrogen and oxygen atoms in total. The largest absolute Gasteiger partial charge is 0.385 e. The molecule has 1 unspecified atom stereocenters. The Bertz CT molecular complexity index is 147. The zero-order chi connectivity index (χ0) is 12.6. The predicted molar refractivity (Wildman–Crippen MR) is 71.8 cm³/mol. The van der Waals surface area contributed by atoms with Gasteiger partial charge in [-0.3, -0.25) is 0 Å². The van der Waals surface area contributed by atoms with E-state index >= 15 is 0 Å². The Morgan fingerprint density at radius 1 is 0.938 bits per heavy atom. The number of rotatable bonds is 9. The van der Waals surface area contributed by atoms with Crippen LogP contribution in [0, 0.1) is 11.8 Å². The Labute approximate surface area is 102 Å². The summed E-state index contributed by atoms with van der Waals surface area (Å²) in [6.45, 7) is 12.3. The van der Waals surface area contributed by atoms with Gasteiger partial charge < -0.3 is 10.1 Å². The minimum Gasteiger partial charge on any atom is -0.385 e. The van der Waals surface area contributed by atoms with Gasteiger partial charge in [0, 0.05) is 25.8 Å². The van der Waals surface area contributed by atoms with Crippen molar-refractivity contribution in [2.75, 3.05) is 13.7 Å². The van der Waals surface area contributed by atoms with E-state index in [4.69, 9.17) is 4.74 Å². The van der Waals surface area contributed by atoms with E-state index in [1.54, 1.807) is 7.11 Å². The third kappa shape index (κ3) is 9.17. The molecule has 0 rings (SSSR count). The predicted octanol–water partition coefficient (Wildman–Crippen LogP) is 3.46. The fourth-order valence-electron chi connectivity index (χ4n) is 2.15. The standard InChI is InChI=1S/C14H31NO/c1-11(2)9-14(10-12(3)4)15-13(5)7-8-16-6/h11-15H,7-10H2,1-6H3. The molecule has 0 amide bonds. The topological polar surface area (TPSA) is 21.3 Å². The first-order chi connectivity index (χ1) is 7.45. The van der Waals surface area contributed by atoms with E-state index in [-0.39, 0.29) is 0 Å². The Kier molecular flexibility index (Phi) is 8.96. The van der Waals surface area contributed by atoms with Crippen LogP contribution in [0.4, 0.5) is 0 Å². The van der Waals surface area contributed by atoms with Crippen molar-refractivity contribution >= 4 is 0 Å². The first-order valence-electron chi connectivity index (χ1n) is 6.70. The summed E-state index contributed by atoms with van der Waals surface area (Å²) >= 11 is 0. The molecule has 0 aliphatic rings.